The van der Waals surface area contributed by atoms with Crippen LogP contribution >= 0.6 is 11.8 Å². The maximum absolute atomic E-state index is 12.0. The molecule has 2 aromatic rings. The first-order valence-electron chi connectivity index (χ1n) is 7.82. The van der Waals surface area contributed by atoms with Gasteiger partial charge in [0.15, 0.2) is 0 Å². The minimum atomic E-state index is -0.449. The molecule has 130 valence electrons. The van der Waals surface area contributed by atoms with E-state index in [1.807, 2.05) is 30.3 Å². The first kappa shape index (κ1) is 17.2. The number of tetrazole rings is 1. The summed E-state index contributed by atoms with van der Waals surface area (Å²) in [6, 6.07) is 9.54. The van der Waals surface area contributed by atoms with Gasteiger partial charge in [0.05, 0.1) is 30.0 Å². The van der Waals surface area contributed by atoms with Crippen LogP contribution in [0.25, 0.3) is 11.4 Å². The molecule has 1 aromatic carbocycles. The highest BCUT2D eigenvalue weighted by Gasteiger charge is 2.27. The van der Waals surface area contributed by atoms with Gasteiger partial charge in [-0.1, -0.05) is 42.1 Å². The Morgan fingerprint density at radius 1 is 1.32 bits per heavy atom. The van der Waals surface area contributed by atoms with E-state index in [1.54, 1.807) is 11.8 Å². The lowest BCUT2D eigenvalue weighted by molar-refractivity contribution is -0.137. The molecule has 1 fully saturated rings. The van der Waals surface area contributed by atoms with Gasteiger partial charge in [0.1, 0.15) is 0 Å². The minimum absolute atomic E-state index is 0.0519. The number of carbonyl (C=O) groups is 2. The fourth-order valence-electron chi connectivity index (χ4n) is 2.28. The van der Waals surface area contributed by atoms with Crippen molar-refractivity contribution in [3.63, 3.8) is 0 Å². The average molecular weight is 359 g/mol. The lowest BCUT2D eigenvalue weighted by atomic mass is 10.2. The summed E-state index contributed by atoms with van der Waals surface area (Å²) in [5, 5.41) is 13.0. The molecule has 1 aliphatic rings. The van der Waals surface area contributed by atoms with Gasteiger partial charge in [-0.3, -0.25) is 4.79 Å². The fourth-order valence-corrected chi connectivity index (χ4v) is 3.24. The van der Waals surface area contributed by atoms with Crippen molar-refractivity contribution >= 4 is 23.6 Å². The molecule has 9 heteroatoms. The zero-order chi connectivity index (χ0) is 17.6. The van der Waals surface area contributed by atoms with Crippen molar-refractivity contribution in [2.75, 3.05) is 18.9 Å². The van der Waals surface area contributed by atoms with Crippen molar-refractivity contribution in [3.05, 3.63) is 41.4 Å². The zero-order valence-electron chi connectivity index (χ0n) is 13.7. The van der Waals surface area contributed by atoms with Crippen molar-refractivity contribution in [2.24, 2.45) is 0 Å². The molecule has 0 N–H and O–H groups in total. The second-order valence-electron chi connectivity index (χ2n) is 5.14. The third-order valence-electron chi connectivity index (χ3n) is 3.45. The van der Waals surface area contributed by atoms with Gasteiger partial charge in [-0.15, -0.1) is 10.2 Å². The van der Waals surface area contributed by atoms with Crippen LogP contribution in [0.1, 0.15) is 6.92 Å². The molecule has 0 saturated carbocycles. The van der Waals surface area contributed by atoms with Crippen molar-refractivity contribution in [1.82, 2.24) is 25.1 Å². The van der Waals surface area contributed by atoms with Crippen LogP contribution in [0, 0.1) is 0 Å². The van der Waals surface area contributed by atoms with E-state index in [1.165, 1.54) is 22.6 Å². The van der Waals surface area contributed by atoms with Crippen LogP contribution in [0.4, 0.5) is 0 Å². The van der Waals surface area contributed by atoms with E-state index in [9.17, 15) is 9.59 Å². The number of hydrogen-bond donors (Lipinski definition) is 0. The van der Waals surface area contributed by atoms with Crippen LogP contribution in [-0.4, -0.2) is 55.9 Å². The molecular formula is C16H17N5O3S. The summed E-state index contributed by atoms with van der Waals surface area (Å²) in [7, 11) is 0. The fraction of sp³-hybridized carbons (Fsp3) is 0.312. The zero-order valence-corrected chi connectivity index (χ0v) is 14.5. The van der Waals surface area contributed by atoms with E-state index in [2.05, 4.69) is 15.4 Å². The molecule has 0 spiro atoms. The topological polar surface area (TPSA) is 90.2 Å². The van der Waals surface area contributed by atoms with E-state index in [0.717, 1.165) is 5.56 Å². The van der Waals surface area contributed by atoms with Crippen molar-refractivity contribution < 1.29 is 14.3 Å². The highest BCUT2D eigenvalue weighted by atomic mass is 32.2. The Hall–Kier alpha value is -2.68. The van der Waals surface area contributed by atoms with Gasteiger partial charge in [0.2, 0.25) is 11.7 Å². The number of thioether (sulfide) groups is 1. The van der Waals surface area contributed by atoms with Gasteiger partial charge < -0.3 is 9.64 Å². The highest BCUT2D eigenvalue weighted by molar-refractivity contribution is 8.04. The Morgan fingerprint density at radius 3 is 2.88 bits per heavy atom. The quantitative estimate of drug-likeness (QED) is 0.567. The number of esters is 1. The highest BCUT2D eigenvalue weighted by Crippen LogP contribution is 2.28. The number of aromatic nitrogens is 4. The summed E-state index contributed by atoms with van der Waals surface area (Å²) in [5.74, 6) is 0.342. The van der Waals surface area contributed by atoms with Gasteiger partial charge in [0.25, 0.3) is 0 Å². The minimum Gasteiger partial charge on any atom is -0.463 e. The standard InChI is InChI=1S/C16H17N5O3S/c1-2-24-15(23)10-14-20(13(22)11-25-14)8-9-21-18-16(17-19-21)12-6-4-3-5-7-12/h3-7,10H,2,8-9,11H2,1H3/b14-10-. The molecular weight excluding hydrogens is 342 g/mol. The molecule has 25 heavy (non-hydrogen) atoms. The summed E-state index contributed by atoms with van der Waals surface area (Å²) >= 11 is 1.32. The third-order valence-corrected chi connectivity index (χ3v) is 4.47. The van der Waals surface area contributed by atoms with E-state index >= 15 is 0 Å². The lowest BCUT2D eigenvalue weighted by Crippen LogP contribution is -2.29. The summed E-state index contributed by atoms with van der Waals surface area (Å²) in [5.41, 5.74) is 0.879. The molecule has 3 rings (SSSR count). The number of ether oxygens (including phenoxy) is 1. The number of rotatable bonds is 6. The average Bonchev–Trinajstić information content (AvgIpc) is 3.22. The third kappa shape index (κ3) is 4.24. The van der Waals surface area contributed by atoms with E-state index in [4.69, 9.17) is 4.74 Å². The number of amides is 1. The molecule has 8 nitrogen and oxygen atoms in total. The molecule has 1 aliphatic heterocycles. The number of nitrogens with zero attached hydrogens (tertiary/aromatic N) is 5. The first-order valence-corrected chi connectivity index (χ1v) is 8.81. The van der Waals surface area contributed by atoms with E-state index in [0.29, 0.717) is 36.3 Å². The summed E-state index contributed by atoms with van der Waals surface area (Å²) in [4.78, 5) is 26.6. The Balaban J connectivity index is 1.65. The molecule has 0 atom stereocenters. The Kier molecular flexibility index (Phi) is 5.44. The predicted octanol–water partition coefficient (Wildman–Crippen LogP) is 1.32. The van der Waals surface area contributed by atoms with Crippen molar-refractivity contribution in [2.45, 2.75) is 13.5 Å². The predicted molar refractivity (Wildman–Crippen MR) is 92.1 cm³/mol. The molecule has 0 aliphatic carbocycles. The van der Waals surface area contributed by atoms with Gasteiger partial charge in [-0.05, 0) is 12.1 Å². The Morgan fingerprint density at radius 2 is 2.12 bits per heavy atom. The SMILES string of the molecule is CCOC(=O)/C=C1\SCC(=O)N1CCn1nnc(-c2ccccc2)n1. The molecule has 1 saturated heterocycles. The first-order chi connectivity index (χ1) is 12.2. The van der Waals surface area contributed by atoms with Crippen LogP contribution < -0.4 is 0 Å². The van der Waals surface area contributed by atoms with E-state index in [-0.39, 0.29) is 5.91 Å². The molecule has 0 bridgehead atoms. The maximum atomic E-state index is 12.0. The van der Waals surface area contributed by atoms with Crippen LogP contribution in [-0.2, 0) is 20.9 Å². The molecule has 0 radical (unpaired) electrons. The van der Waals surface area contributed by atoms with Gasteiger partial charge >= 0.3 is 5.97 Å². The van der Waals surface area contributed by atoms with Gasteiger partial charge in [-0.2, -0.15) is 4.80 Å². The maximum Gasteiger partial charge on any atom is 0.333 e. The summed E-state index contributed by atoms with van der Waals surface area (Å²) in [6.45, 7) is 2.78. The van der Waals surface area contributed by atoms with Crippen molar-refractivity contribution in [3.8, 4) is 11.4 Å². The van der Waals surface area contributed by atoms with Crippen LogP contribution in [0.5, 0.6) is 0 Å². The normalized spacial score (nSPS) is 15.8. The molecule has 1 amide bonds. The summed E-state index contributed by atoms with van der Waals surface area (Å²) < 4.78 is 4.90. The second kappa shape index (κ2) is 7.93. The molecule has 0 unspecified atom stereocenters. The smallest absolute Gasteiger partial charge is 0.333 e. The number of benzene rings is 1. The van der Waals surface area contributed by atoms with Crippen LogP contribution in [0.3, 0.4) is 0 Å². The van der Waals surface area contributed by atoms with Gasteiger partial charge in [0, 0.05) is 12.1 Å². The lowest BCUT2D eigenvalue weighted by Gasteiger charge is -2.16. The molecule has 2 heterocycles. The second-order valence-corrected chi connectivity index (χ2v) is 6.14. The van der Waals surface area contributed by atoms with E-state index < -0.39 is 5.97 Å². The largest absolute Gasteiger partial charge is 0.463 e. The Bertz CT molecular complexity index is 790. The van der Waals surface area contributed by atoms with Crippen LogP contribution in [0.2, 0.25) is 0 Å². The monoisotopic (exact) mass is 359 g/mol. The number of carbonyl (C=O) groups excluding carboxylic acids is 2. The molecule has 1 aromatic heterocycles. The summed E-state index contributed by atoms with van der Waals surface area (Å²) in [6.07, 6.45) is 1.35. The van der Waals surface area contributed by atoms with Crippen LogP contribution in [0.15, 0.2) is 41.4 Å². The number of hydrogen-bond acceptors (Lipinski definition) is 7. The van der Waals surface area contributed by atoms with Gasteiger partial charge in [-0.25, -0.2) is 4.79 Å². The Labute approximate surface area is 148 Å². The van der Waals surface area contributed by atoms with Crippen molar-refractivity contribution in [1.29, 1.82) is 0 Å².